The summed E-state index contributed by atoms with van der Waals surface area (Å²) in [5.41, 5.74) is 2.80. The standard InChI is InChI=1S/C27H36ClN3O2/c1-3-31(4-2)27(33)22-10-9-19-30(20-22)18-8-7-13-26(32)29-23-16-14-21(15-17-23)24-11-5-6-12-25(24)28/h5-6,11-12,14-17,22H,3-4,7-10,13,18-20H2,1-2H3,(H,29,32). The molecule has 6 heteroatoms. The Balaban J connectivity index is 1.38. The summed E-state index contributed by atoms with van der Waals surface area (Å²) >= 11 is 6.27. The number of piperidine rings is 1. The summed E-state index contributed by atoms with van der Waals surface area (Å²) in [7, 11) is 0. The van der Waals surface area contributed by atoms with E-state index in [4.69, 9.17) is 11.6 Å². The quantitative estimate of drug-likeness (QED) is 0.454. The van der Waals surface area contributed by atoms with Crippen LogP contribution in [-0.4, -0.2) is 54.3 Å². The fraction of sp³-hybridized carbons (Fsp3) is 0.481. The van der Waals surface area contributed by atoms with Crippen molar-refractivity contribution in [1.29, 1.82) is 0 Å². The third-order valence-corrected chi connectivity index (χ3v) is 6.74. The number of carbonyl (C=O) groups is 2. The predicted molar refractivity (Wildman–Crippen MR) is 136 cm³/mol. The van der Waals surface area contributed by atoms with Crippen molar-refractivity contribution in [3.05, 3.63) is 53.6 Å². The van der Waals surface area contributed by atoms with Crippen molar-refractivity contribution in [1.82, 2.24) is 9.80 Å². The summed E-state index contributed by atoms with van der Waals surface area (Å²) in [6, 6.07) is 15.5. The molecule has 3 rings (SSSR count). The lowest BCUT2D eigenvalue weighted by atomic mass is 9.96. The minimum atomic E-state index is 0.0359. The van der Waals surface area contributed by atoms with Crippen LogP contribution in [0.3, 0.4) is 0 Å². The van der Waals surface area contributed by atoms with Crippen molar-refractivity contribution in [3.8, 4) is 11.1 Å². The number of unbranched alkanes of at least 4 members (excludes halogenated alkanes) is 1. The van der Waals surface area contributed by atoms with Gasteiger partial charge in [-0.25, -0.2) is 0 Å². The number of anilines is 1. The highest BCUT2D eigenvalue weighted by molar-refractivity contribution is 6.33. The van der Waals surface area contributed by atoms with E-state index in [0.717, 1.165) is 75.2 Å². The van der Waals surface area contributed by atoms with Gasteiger partial charge in [0.05, 0.1) is 5.92 Å². The predicted octanol–water partition coefficient (Wildman–Crippen LogP) is 5.70. The summed E-state index contributed by atoms with van der Waals surface area (Å²) in [5, 5.41) is 3.70. The molecule has 1 saturated heterocycles. The number of hydrogen-bond acceptors (Lipinski definition) is 3. The minimum Gasteiger partial charge on any atom is -0.343 e. The molecule has 1 heterocycles. The molecule has 178 valence electrons. The highest BCUT2D eigenvalue weighted by Gasteiger charge is 2.27. The van der Waals surface area contributed by atoms with E-state index in [0.29, 0.717) is 17.4 Å². The Bertz CT molecular complexity index is 912. The Morgan fingerprint density at radius 3 is 2.48 bits per heavy atom. The van der Waals surface area contributed by atoms with Crippen molar-refractivity contribution in [3.63, 3.8) is 0 Å². The Hall–Kier alpha value is -2.37. The molecular formula is C27H36ClN3O2. The number of carbonyl (C=O) groups excluding carboxylic acids is 2. The highest BCUT2D eigenvalue weighted by Crippen LogP contribution is 2.28. The molecule has 0 bridgehead atoms. The van der Waals surface area contributed by atoms with Gasteiger partial charge in [0.15, 0.2) is 0 Å². The molecule has 1 N–H and O–H groups in total. The third-order valence-electron chi connectivity index (χ3n) is 6.41. The maximum absolute atomic E-state index is 12.7. The van der Waals surface area contributed by atoms with Crippen LogP contribution in [0.4, 0.5) is 5.69 Å². The number of hydrogen-bond donors (Lipinski definition) is 1. The van der Waals surface area contributed by atoms with Crippen LogP contribution in [0.2, 0.25) is 5.02 Å². The lowest BCUT2D eigenvalue weighted by Gasteiger charge is -2.34. The minimum absolute atomic E-state index is 0.0359. The number of nitrogens with zero attached hydrogens (tertiary/aromatic N) is 2. The van der Waals surface area contributed by atoms with Crippen molar-refractivity contribution in [2.24, 2.45) is 5.92 Å². The zero-order chi connectivity index (χ0) is 23.6. The molecule has 1 aliphatic heterocycles. The molecule has 2 aromatic carbocycles. The molecule has 2 aromatic rings. The molecule has 0 aliphatic carbocycles. The number of likely N-dealkylation sites (tertiary alicyclic amines) is 1. The third kappa shape index (κ3) is 7.31. The molecule has 0 radical (unpaired) electrons. The van der Waals surface area contributed by atoms with E-state index in [1.54, 1.807) is 0 Å². The highest BCUT2D eigenvalue weighted by atomic mass is 35.5. The number of rotatable bonds is 10. The van der Waals surface area contributed by atoms with Gasteiger partial charge in [0.2, 0.25) is 11.8 Å². The van der Waals surface area contributed by atoms with Crippen molar-refractivity contribution in [2.45, 2.75) is 46.0 Å². The fourth-order valence-corrected chi connectivity index (χ4v) is 4.77. The van der Waals surface area contributed by atoms with Gasteiger partial charge in [-0.2, -0.15) is 0 Å². The average molecular weight is 470 g/mol. The number of nitrogens with one attached hydrogen (secondary N) is 1. The van der Waals surface area contributed by atoms with E-state index in [-0.39, 0.29) is 11.8 Å². The van der Waals surface area contributed by atoms with Crippen molar-refractivity contribution >= 4 is 29.1 Å². The second-order valence-electron chi connectivity index (χ2n) is 8.71. The zero-order valence-corrected chi connectivity index (χ0v) is 20.6. The van der Waals surface area contributed by atoms with E-state index >= 15 is 0 Å². The average Bonchev–Trinajstić information content (AvgIpc) is 2.84. The molecular weight excluding hydrogens is 434 g/mol. The molecule has 1 atom stereocenters. The Morgan fingerprint density at radius 1 is 1.06 bits per heavy atom. The SMILES string of the molecule is CCN(CC)C(=O)C1CCCN(CCCCC(=O)Nc2ccc(-c3ccccc3Cl)cc2)C1. The lowest BCUT2D eigenvalue weighted by molar-refractivity contribution is -0.137. The van der Waals surface area contributed by atoms with Gasteiger partial charge in [-0.15, -0.1) is 0 Å². The monoisotopic (exact) mass is 469 g/mol. The van der Waals surface area contributed by atoms with Gasteiger partial charge in [-0.1, -0.05) is 41.9 Å². The smallest absolute Gasteiger partial charge is 0.226 e. The van der Waals surface area contributed by atoms with Gasteiger partial charge >= 0.3 is 0 Å². The second kappa shape index (κ2) is 12.8. The summed E-state index contributed by atoms with van der Waals surface area (Å²) in [6.07, 6.45) is 4.37. The number of halogens is 1. The first-order chi connectivity index (χ1) is 16.0. The van der Waals surface area contributed by atoms with E-state index in [1.165, 1.54) is 0 Å². The van der Waals surface area contributed by atoms with Crippen LogP contribution in [0.25, 0.3) is 11.1 Å². The maximum atomic E-state index is 12.7. The summed E-state index contributed by atoms with van der Waals surface area (Å²) in [5.74, 6) is 0.453. The first-order valence-corrected chi connectivity index (χ1v) is 12.6. The first-order valence-electron chi connectivity index (χ1n) is 12.2. The van der Waals surface area contributed by atoms with Crippen LogP contribution in [-0.2, 0) is 9.59 Å². The largest absolute Gasteiger partial charge is 0.343 e. The van der Waals surface area contributed by atoms with Crippen LogP contribution >= 0.6 is 11.6 Å². The van der Waals surface area contributed by atoms with Crippen LogP contribution in [0.15, 0.2) is 48.5 Å². The molecule has 5 nitrogen and oxygen atoms in total. The van der Waals surface area contributed by atoms with Crippen molar-refractivity contribution in [2.75, 3.05) is 38.0 Å². The molecule has 1 aliphatic rings. The molecule has 1 fully saturated rings. The molecule has 1 unspecified atom stereocenters. The van der Waals surface area contributed by atoms with Crippen LogP contribution in [0.5, 0.6) is 0 Å². The lowest BCUT2D eigenvalue weighted by Crippen LogP contribution is -2.45. The van der Waals surface area contributed by atoms with E-state index in [9.17, 15) is 9.59 Å². The molecule has 0 spiro atoms. The normalized spacial score (nSPS) is 16.4. The van der Waals surface area contributed by atoms with E-state index in [2.05, 4.69) is 10.2 Å². The van der Waals surface area contributed by atoms with Gasteiger partial charge in [0.25, 0.3) is 0 Å². The van der Waals surface area contributed by atoms with Crippen LogP contribution in [0.1, 0.15) is 46.0 Å². The number of benzene rings is 2. The van der Waals surface area contributed by atoms with Gasteiger partial charge in [-0.3, -0.25) is 9.59 Å². The molecule has 0 aromatic heterocycles. The first kappa shape index (κ1) is 25.3. The zero-order valence-electron chi connectivity index (χ0n) is 19.9. The Morgan fingerprint density at radius 2 is 1.79 bits per heavy atom. The van der Waals surface area contributed by atoms with E-state index in [1.807, 2.05) is 67.3 Å². The summed E-state index contributed by atoms with van der Waals surface area (Å²) in [4.78, 5) is 29.3. The topological polar surface area (TPSA) is 52.7 Å². The maximum Gasteiger partial charge on any atom is 0.226 e. The Labute approximate surface area is 203 Å². The molecule has 2 amide bonds. The van der Waals surface area contributed by atoms with Gasteiger partial charge in [-0.05, 0) is 76.4 Å². The second-order valence-corrected chi connectivity index (χ2v) is 9.12. The molecule has 0 saturated carbocycles. The Kier molecular flexibility index (Phi) is 9.76. The molecule has 33 heavy (non-hydrogen) atoms. The number of amides is 2. The fourth-order valence-electron chi connectivity index (χ4n) is 4.53. The van der Waals surface area contributed by atoms with Gasteiger partial charge < -0.3 is 15.1 Å². The van der Waals surface area contributed by atoms with Gasteiger partial charge in [0.1, 0.15) is 0 Å². The summed E-state index contributed by atoms with van der Waals surface area (Å²) in [6.45, 7) is 8.49. The van der Waals surface area contributed by atoms with E-state index < -0.39 is 0 Å². The van der Waals surface area contributed by atoms with Crippen molar-refractivity contribution < 1.29 is 9.59 Å². The van der Waals surface area contributed by atoms with Crippen LogP contribution < -0.4 is 5.32 Å². The van der Waals surface area contributed by atoms with Crippen LogP contribution in [0, 0.1) is 5.92 Å². The summed E-state index contributed by atoms with van der Waals surface area (Å²) < 4.78 is 0. The van der Waals surface area contributed by atoms with Gasteiger partial charge in [0, 0.05) is 42.3 Å².